The fourth-order valence-corrected chi connectivity index (χ4v) is 1.84. The molecule has 1 aromatic heterocycles. The zero-order valence-corrected chi connectivity index (χ0v) is 10.9. The van der Waals surface area contributed by atoms with E-state index in [1.54, 1.807) is 12.1 Å². The Labute approximate surface area is 112 Å². The molecular weight excluding hydrogens is 238 g/mol. The minimum atomic E-state index is 0.639. The normalized spacial score (nSPS) is 9.74. The Balaban J connectivity index is 2.30. The molecule has 0 bridgehead atoms. The smallest absolute Gasteiger partial charge is 0.139 e. The molecule has 0 aliphatic carbocycles. The average molecular weight is 253 g/mol. The molecule has 0 atom stereocenters. The zero-order chi connectivity index (χ0) is 13.7. The van der Waals surface area contributed by atoms with Gasteiger partial charge in [0.2, 0.25) is 0 Å². The molecule has 0 saturated carbocycles. The molecule has 1 aromatic carbocycles. The minimum Gasteiger partial charge on any atom is -0.373 e. The quantitative estimate of drug-likeness (QED) is 0.876. The van der Waals surface area contributed by atoms with E-state index in [0.29, 0.717) is 5.56 Å². The Morgan fingerprint density at radius 3 is 2.42 bits per heavy atom. The number of nitrogens with one attached hydrogen (secondary N) is 2. The molecule has 0 saturated heterocycles. The molecule has 0 unspecified atom stereocenters. The highest BCUT2D eigenvalue weighted by Gasteiger charge is 2.08. The second-order valence-electron chi connectivity index (χ2n) is 3.97. The summed E-state index contributed by atoms with van der Waals surface area (Å²) in [7, 11) is 1.84. The van der Waals surface area contributed by atoms with E-state index in [0.717, 1.165) is 29.3 Å². The highest BCUT2D eigenvalue weighted by Crippen LogP contribution is 2.23. The highest BCUT2D eigenvalue weighted by atomic mass is 15.1. The Morgan fingerprint density at radius 1 is 1.16 bits per heavy atom. The van der Waals surface area contributed by atoms with E-state index in [1.807, 2.05) is 19.2 Å². The van der Waals surface area contributed by atoms with Gasteiger partial charge in [-0.25, -0.2) is 9.97 Å². The predicted octanol–water partition coefficient (Wildman–Crippen LogP) is 2.70. The number of benzene rings is 1. The highest BCUT2D eigenvalue weighted by molar-refractivity contribution is 5.65. The van der Waals surface area contributed by atoms with E-state index >= 15 is 0 Å². The molecule has 5 nitrogen and oxygen atoms in total. The van der Waals surface area contributed by atoms with Crippen molar-refractivity contribution in [3.05, 3.63) is 41.7 Å². The average Bonchev–Trinajstić information content (AvgIpc) is 2.47. The van der Waals surface area contributed by atoms with Crippen LogP contribution in [-0.2, 0) is 6.42 Å². The van der Waals surface area contributed by atoms with Crippen molar-refractivity contribution in [1.82, 2.24) is 9.97 Å². The van der Waals surface area contributed by atoms with E-state index < -0.39 is 0 Å². The van der Waals surface area contributed by atoms with Gasteiger partial charge in [-0.2, -0.15) is 5.26 Å². The van der Waals surface area contributed by atoms with E-state index in [1.165, 1.54) is 6.33 Å². The molecule has 0 aliphatic rings. The van der Waals surface area contributed by atoms with Crippen LogP contribution in [-0.4, -0.2) is 17.0 Å². The summed E-state index contributed by atoms with van der Waals surface area (Å²) in [5.41, 5.74) is 2.57. The zero-order valence-electron chi connectivity index (χ0n) is 10.9. The molecule has 2 aromatic rings. The van der Waals surface area contributed by atoms with Crippen molar-refractivity contribution in [3.63, 3.8) is 0 Å². The summed E-state index contributed by atoms with van der Waals surface area (Å²) < 4.78 is 0. The molecule has 0 fully saturated rings. The number of nitriles is 1. The third kappa shape index (κ3) is 2.80. The van der Waals surface area contributed by atoms with Gasteiger partial charge in [0.1, 0.15) is 18.0 Å². The monoisotopic (exact) mass is 253 g/mol. The minimum absolute atomic E-state index is 0.639. The standard InChI is InChI=1S/C14H15N5/c1-3-12-13(16-2)17-9-18-14(12)19-11-6-4-10(8-15)5-7-11/h4-7,9H,3H2,1-2H3,(H2,16,17,18,19). The fraction of sp³-hybridized carbons (Fsp3) is 0.214. The van der Waals surface area contributed by atoms with Crippen LogP contribution in [0, 0.1) is 11.3 Å². The maximum absolute atomic E-state index is 8.77. The first-order chi connectivity index (χ1) is 9.28. The topological polar surface area (TPSA) is 73.6 Å². The van der Waals surface area contributed by atoms with Gasteiger partial charge in [0, 0.05) is 18.3 Å². The van der Waals surface area contributed by atoms with Crippen LogP contribution in [0.5, 0.6) is 0 Å². The van der Waals surface area contributed by atoms with Crippen LogP contribution in [0.4, 0.5) is 17.3 Å². The summed E-state index contributed by atoms with van der Waals surface area (Å²) in [4.78, 5) is 8.46. The Kier molecular flexibility index (Phi) is 3.94. The number of aromatic nitrogens is 2. The molecule has 2 rings (SSSR count). The van der Waals surface area contributed by atoms with Crippen molar-refractivity contribution < 1.29 is 0 Å². The van der Waals surface area contributed by atoms with Crippen LogP contribution < -0.4 is 10.6 Å². The van der Waals surface area contributed by atoms with Gasteiger partial charge in [-0.3, -0.25) is 0 Å². The van der Waals surface area contributed by atoms with Crippen molar-refractivity contribution in [1.29, 1.82) is 5.26 Å². The van der Waals surface area contributed by atoms with Crippen molar-refractivity contribution in [2.75, 3.05) is 17.7 Å². The third-order valence-electron chi connectivity index (χ3n) is 2.81. The van der Waals surface area contributed by atoms with E-state index in [2.05, 4.69) is 33.6 Å². The van der Waals surface area contributed by atoms with Gasteiger partial charge in [-0.15, -0.1) is 0 Å². The lowest BCUT2D eigenvalue weighted by Crippen LogP contribution is -2.04. The lowest BCUT2D eigenvalue weighted by atomic mass is 10.2. The van der Waals surface area contributed by atoms with E-state index in [9.17, 15) is 0 Å². The van der Waals surface area contributed by atoms with Crippen LogP contribution in [0.25, 0.3) is 0 Å². The maximum atomic E-state index is 8.77. The predicted molar refractivity (Wildman–Crippen MR) is 75.4 cm³/mol. The largest absolute Gasteiger partial charge is 0.373 e. The van der Waals surface area contributed by atoms with E-state index in [4.69, 9.17) is 5.26 Å². The second kappa shape index (κ2) is 5.83. The van der Waals surface area contributed by atoms with Crippen LogP contribution in [0.2, 0.25) is 0 Å². The number of hydrogen-bond acceptors (Lipinski definition) is 5. The first-order valence-electron chi connectivity index (χ1n) is 6.07. The van der Waals surface area contributed by atoms with Gasteiger partial charge in [-0.05, 0) is 30.7 Å². The SMILES string of the molecule is CCc1c(NC)ncnc1Nc1ccc(C#N)cc1. The summed E-state index contributed by atoms with van der Waals surface area (Å²) >= 11 is 0. The molecule has 0 aliphatic heterocycles. The number of hydrogen-bond donors (Lipinski definition) is 2. The number of nitrogens with zero attached hydrogens (tertiary/aromatic N) is 3. The number of rotatable bonds is 4. The molecule has 0 radical (unpaired) electrons. The third-order valence-corrected chi connectivity index (χ3v) is 2.81. The molecule has 0 amide bonds. The summed E-state index contributed by atoms with van der Waals surface area (Å²) in [5.74, 6) is 1.61. The summed E-state index contributed by atoms with van der Waals surface area (Å²) in [6.45, 7) is 2.06. The Hall–Kier alpha value is -2.61. The molecule has 5 heteroatoms. The van der Waals surface area contributed by atoms with Gasteiger partial charge < -0.3 is 10.6 Å². The van der Waals surface area contributed by atoms with Crippen LogP contribution >= 0.6 is 0 Å². The van der Waals surface area contributed by atoms with Crippen LogP contribution in [0.15, 0.2) is 30.6 Å². The Bertz CT molecular complexity index is 598. The lowest BCUT2D eigenvalue weighted by Gasteiger charge is -2.12. The van der Waals surface area contributed by atoms with Crippen molar-refractivity contribution in [3.8, 4) is 6.07 Å². The van der Waals surface area contributed by atoms with Gasteiger partial charge in [0.15, 0.2) is 0 Å². The van der Waals surface area contributed by atoms with Crippen LogP contribution in [0.1, 0.15) is 18.1 Å². The lowest BCUT2D eigenvalue weighted by molar-refractivity contribution is 1.05. The van der Waals surface area contributed by atoms with Gasteiger partial charge in [0.05, 0.1) is 11.6 Å². The van der Waals surface area contributed by atoms with Crippen molar-refractivity contribution >= 4 is 17.3 Å². The van der Waals surface area contributed by atoms with Gasteiger partial charge >= 0.3 is 0 Å². The van der Waals surface area contributed by atoms with Gasteiger partial charge in [-0.1, -0.05) is 6.92 Å². The molecule has 19 heavy (non-hydrogen) atoms. The second-order valence-corrected chi connectivity index (χ2v) is 3.97. The van der Waals surface area contributed by atoms with Crippen molar-refractivity contribution in [2.24, 2.45) is 0 Å². The van der Waals surface area contributed by atoms with E-state index in [-0.39, 0.29) is 0 Å². The van der Waals surface area contributed by atoms with Crippen molar-refractivity contribution in [2.45, 2.75) is 13.3 Å². The first-order valence-corrected chi connectivity index (χ1v) is 6.07. The summed E-state index contributed by atoms with van der Waals surface area (Å²) in [6.07, 6.45) is 2.35. The number of anilines is 3. The van der Waals surface area contributed by atoms with Gasteiger partial charge in [0.25, 0.3) is 0 Å². The first kappa shape index (κ1) is 12.8. The molecule has 2 N–H and O–H groups in total. The summed E-state index contributed by atoms with van der Waals surface area (Å²) in [6, 6.07) is 9.36. The molecule has 0 spiro atoms. The summed E-state index contributed by atoms with van der Waals surface area (Å²) in [5, 5.41) is 15.1. The fourth-order valence-electron chi connectivity index (χ4n) is 1.84. The molecule has 96 valence electrons. The maximum Gasteiger partial charge on any atom is 0.139 e. The van der Waals surface area contributed by atoms with Crippen LogP contribution in [0.3, 0.4) is 0 Å². The molecule has 1 heterocycles. The molecular formula is C14H15N5. The Morgan fingerprint density at radius 2 is 1.84 bits per heavy atom.